The molecule has 4 unspecified atom stereocenters. The molecule has 5 heteroatoms. The van der Waals surface area contributed by atoms with Crippen LogP contribution in [0.15, 0.2) is 12.4 Å². The summed E-state index contributed by atoms with van der Waals surface area (Å²) in [5.74, 6) is 2.37. The number of aliphatic hydroxyl groups is 1. The summed E-state index contributed by atoms with van der Waals surface area (Å²) in [6.45, 7) is 24.3. The third-order valence-electron chi connectivity index (χ3n) is 9.11. The van der Waals surface area contributed by atoms with Crippen LogP contribution in [-0.2, 0) is 22.2 Å². The van der Waals surface area contributed by atoms with Gasteiger partial charge in [0, 0.05) is 45.9 Å². The van der Waals surface area contributed by atoms with E-state index in [0.717, 1.165) is 66.4 Å². The Labute approximate surface area is 237 Å². The van der Waals surface area contributed by atoms with Gasteiger partial charge in [-0.1, -0.05) is 82.6 Å². The van der Waals surface area contributed by atoms with Crippen LogP contribution in [0.3, 0.4) is 0 Å². The molecule has 0 aromatic carbocycles. The third-order valence-corrected chi connectivity index (χ3v) is 9.11. The Morgan fingerprint density at radius 3 is 2.18 bits per heavy atom. The van der Waals surface area contributed by atoms with Crippen LogP contribution >= 0.6 is 0 Å². The summed E-state index contributed by atoms with van der Waals surface area (Å²) in [6, 6.07) is 0. The van der Waals surface area contributed by atoms with Gasteiger partial charge in [-0.2, -0.15) is 0 Å². The number of rotatable bonds is 3. The first-order valence-electron chi connectivity index (χ1n) is 15.4. The molecule has 4 atom stereocenters. The Kier molecular flexibility index (Phi) is 8.38. The summed E-state index contributed by atoms with van der Waals surface area (Å²) in [7, 11) is 0. The van der Waals surface area contributed by atoms with Gasteiger partial charge in [0.2, 0.25) is 0 Å². The van der Waals surface area contributed by atoms with Crippen molar-refractivity contribution in [2.75, 3.05) is 0 Å². The minimum absolute atomic E-state index is 0.0336. The highest BCUT2D eigenvalue weighted by atomic mass is 16.5. The lowest BCUT2D eigenvalue weighted by molar-refractivity contribution is -0.0844. The summed E-state index contributed by atoms with van der Waals surface area (Å²) in [6.07, 6.45) is 9.37. The largest absolute Gasteiger partial charge is 0.388 e. The summed E-state index contributed by atoms with van der Waals surface area (Å²) in [4.78, 5) is 14.7. The zero-order chi connectivity index (χ0) is 28.9. The lowest BCUT2D eigenvalue weighted by Gasteiger charge is -2.39. The van der Waals surface area contributed by atoms with Crippen molar-refractivity contribution in [2.45, 2.75) is 144 Å². The van der Waals surface area contributed by atoms with Gasteiger partial charge in [-0.15, -0.1) is 0 Å². The Balaban J connectivity index is 0.000000648. The molecule has 0 radical (unpaired) electrons. The Hall–Kier alpha value is -1.85. The Bertz CT molecular complexity index is 1160. The normalized spacial score (nSPS) is 27.5. The first kappa shape index (κ1) is 30.1. The van der Waals surface area contributed by atoms with Gasteiger partial charge in [0.1, 0.15) is 11.9 Å². The van der Waals surface area contributed by atoms with Gasteiger partial charge in [-0.05, 0) is 60.8 Å². The average Bonchev–Trinajstić information content (AvgIpc) is 3.38. The maximum Gasteiger partial charge on any atom is 0.133 e. The van der Waals surface area contributed by atoms with Crippen molar-refractivity contribution in [3.05, 3.63) is 51.9 Å². The van der Waals surface area contributed by atoms with Gasteiger partial charge >= 0.3 is 0 Å². The second-order valence-electron chi connectivity index (χ2n) is 14.9. The van der Waals surface area contributed by atoms with Crippen molar-refractivity contribution < 1.29 is 9.84 Å². The smallest absolute Gasteiger partial charge is 0.133 e. The predicted molar refractivity (Wildman–Crippen MR) is 159 cm³/mol. The van der Waals surface area contributed by atoms with Crippen molar-refractivity contribution >= 4 is 0 Å². The molecule has 39 heavy (non-hydrogen) atoms. The number of hydrogen-bond donors (Lipinski definition) is 1. The first-order valence-corrected chi connectivity index (χ1v) is 15.4. The van der Waals surface area contributed by atoms with Crippen molar-refractivity contribution in [1.29, 1.82) is 0 Å². The molecule has 2 aliphatic carbocycles. The second kappa shape index (κ2) is 10.9. The molecule has 1 aliphatic heterocycles. The van der Waals surface area contributed by atoms with E-state index in [0.29, 0.717) is 5.92 Å². The van der Waals surface area contributed by atoms with Gasteiger partial charge in [0.05, 0.1) is 11.7 Å². The fraction of sp³-hybridized carbons (Fsp3) is 0.735. The minimum atomic E-state index is -0.507. The van der Waals surface area contributed by atoms with Gasteiger partial charge < -0.3 is 9.84 Å². The van der Waals surface area contributed by atoms with E-state index in [2.05, 4.69) is 76.2 Å². The number of fused-ring (bicyclic) bond motifs is 4. The molecule has 0 saturated heterocycles. The van der Waals surface area contributed by atoms with Crippen molar-refractivity contribution in [3.8, 4) is 0 Å². The standard InChI is InChI=1S/C29H41N3O2.C5H12/c1-16(2)24-22-23(21-19(32-24)12-28(7,8)13-20(21)33)29(11-9-10-17(29)3)34-25(22)18-14-30-26(31-15-18)27(4,5)6;1-4-5(2)3/h14-17,20,25,33H,9-13H2,1-8H3;5H,4H2,1-3H3. The molecule has 0 amide bonds. The molecule has 5 nitrogen and oxygen atoms in total. The molecule has 1 spiro atoms. The van der Waals surface area contributed by atoms with Gasteiger partial charge in [0.25, 0.3) is 0 Å². The lowest BCUT2D eigenvalue weighted by atomic mass is 9.69. The number of pyridine rings is 1. The van der Waals surface area contributed by atoms with Gasteiger partial charge in [0.15, 0.2) is 0 Å². The molecule has 1 saturated carbocycles. The SMILES string of the molecule is CC(C)c1nc2c(c3c1C(c1cnc(C(C)(C)C)nc1)OC31CCCC1C)C(O)CC(C)(C)C2.CCC(C)C. The highest BCUT2D eigenvalue weighted by Crippen LogP contribution is 2.61. The maximum absolute atomic E-state index is 11.5. The van der Waals surface area contributed by atoms with Crippen LogP contribution in [0.4, 0.5) is 0 Å². The number of nitrogens with zero attached hydrogens (tertiary/aromatic N) is 3. The Morgan fingerprint density at radius 2 is 1.69 bits per heavy atom. The van der Waals surface area contributed by atoms with E-state index in [4.69, 9.17) is 19.7 Å². The van der Waals surface area contributed by atoms with Crippen LogP contribution < -0.4 is 0 Å². The number of aliphatic hydroxyl groups excluding tert-OH is 1. The van der Waals surface area contributed by atoms with Crippen molar-refractivity contribution in [2.24, 2.45) is 17.3 Å². The van der Waals surface area contributed by atoms with Crippen LogP contribution in [0.2, 0.25) is 0 Å². The molecule has 2 aromatic rings. The minimum Gasteiger partial charge on any atom is -0.388 e. The number of ether oxygens (including phenoxy) is 1. The average molecular weight is 536 g/mol. The van der Waals surface area contributed by atoms with Gasteiger partial charge in [-0.25, -0.2) is 9.97 Å². The molecule has 3 heterocycles. The Morgan fingerprint density at radius 1 is 1.08 bits per heavy atom. The third kappa shape index (κ3) is 5.68. The molecular weight excluding hydrogens is 482 g/mol. The molecule has 3 aliphatic rings. The second-order valence-corrected chi connectivity index (χ2v) is 14.9. The molecule has 1 N–H and O–H groups in total. The monoisotopic (exact) mass is 535 g/mol. The highest BCUT2D eigenvalue weighted by Gasteiger charge is 2.55. The van der Waals surface area contributed by atoms with Crippen molar-refractivity contribution in [1.82, 2.24) is 15.0 Å². The van der Waals surface area contributed by atoms with Crippen LogP contribution in [0.25, 0.3) is 0 Å². The van der Waals surface area contributed by atoms with E-state index in [1.807, 2.05) is 12.4 Å². The van der Waals surface area contributed by atoms with Crippen LogP contribution in [0, 0.1) is 17.3 Å². The molecule has 5 rings (SSSR count). The maximum atomic E-state index is 11.5. The molecule has 1 fully saturated rings. The summed E-state index contributed by atoms with van der Waals surface area (Å²) < 4.78 is 7.13. The van der Waals surface area contributed by atoms with Crippen LogP contribution in [0.1, 0.15) is 166 Å². The zero-order valence-corrected chi connectivity index (χ0v) is 26.5. The number of aromatic nitrogens is 3. The summed E-state index contributed by atoms with van der Waals surface area (Å²) >= 11 is 0. The van der Waals surface area contributed by atoms with Gasteiger partial charge in [-0.3, -0.25) is 4.98 Å². The predicted octanol–water partition coefficient (Wildman–Crippen LogP) is 8.49. The molecule has 2 aromatic heterocycles. The fourth-order valence-electron chi connectivity index (χ4n) is 6.61. The summed E-state index contributed by atoms with van der Waals surface area (Å²) in [5.41, 5.74) is 6.21. The van der Waals surface area contributed by atoms with Crippen molar-refractivity contribution in [3.63, 3.8) is 0 Å². The van der Waals surface area contributed by atoms with E-state index >= 15 is 0 Å². The zero-order valence-electron chi connectivity index (χ0n) is 26.5. The van der Waals surface area contributed by atoms with E-state index in [1.165, 1.54) is 17.5 Å². The number of hydrogen-bond acceptors (Lipinski definition) is 5. The quantitative estimate of drug-likeness (QED) is 0.427. The lowest BCUT2D eigenvalue weighted by Crippen LogP contribution is -2.34. The topological polar surface area (TPSA) is 68.1 Å². The molecule has 216 valence electrons. The van der Waals surface area contributed by atoms with Crippen LogP contribution in [-0.4, -0.2) is 20.1 Å². The van der Waals surface area contributed by atoms with E-state index in [-0.39, 0.29) is 28.5 Å². The molecule has 0 bridgehead atoms. The first-order chi connectivity index (χ1) is 18.1. The summed E-state index contributed by atoms with van der Waals surface area (Å²) in [5, 5.41) is 11.5. The van der Waals surface area contributed by atoms with E-state index in [9.17, 15) is 5.11 Å². The molecular formula is C34H53N3O2. The highest BCUT2D eigenvalue weighted by molar-refractivity contribution is 5.54. The van der Waals surface area contributed by atoms with Crippen LogP contribution in [0.5, 0.6) is 0 Å². The van der Waals surface area contributed by atoms with E-state index < -0.39 is 6.10 Å². The fourth-order valence-corrected chi connectivity index (χ4v) is 6.61. The van der Waals surface area contributed by atoms with E-state index in [1.54, 1.807) is 0 Å².